The molecule has 0 saturated carbocycles. The number of amides is 2. The number of aliphatic hydroxyl groups excluding tert-OH is 2. The van der Waals surface area contributed by atoms with E-state index in [1.54, 1.807) is 0 Å². The molecule has 0 aromatic carbocycles. The number of aliphatic hydroxyl groups is 2. The lowest BCUT2D eigenvalue weighted by Gasteiger charge is -2.05. The second-order valence-corrected chi connectivity index (χ2v) is 9.11. The highest BCUT2D eigenvalue weighted by Crippen LogP contribution is 2.03. The quantitative estimate of drug-likeness (QED) is 0.0368. The highest BCUT2D eigenvalue weighted by atomic mass is 32.2. The molecule has 0 aliphatic carbocycles. The van der Waals surface area contributed by atoms with E-state index in [0.717, 1.165) is 36.3 Å². The molecule has 0 aliphatic heterocycles. The molecule has 0 rings (SSSR count). The minimum atomic E-state index is -0.580. The lowest BCUT2D eigenvalue weighted by Crippen LogP contribution is -2.23. The van der Waals surface area contributed by atoms with Gasteiger partial charge in [0.15, 0.2) is 0 Å². The molecule has 0 radical (unpaired) electrons. The molecule has 0 heterocycles. The standard InChI is InChI=1S/C14H26N4O10S5/c19-7-31-9-23-13(21)17-5-29-4-16-2-26-28-12-33-10-24-14(22)18-6-30-3-15-1-25-27-11-32-8-20/h1-2,19-20H,3-12H2,(H,17,21)(H,18,22)/b15-1?,16-2+. The summed E-state index contributed by atoms with van der Waals surface area (Å²) in [5.74, 6) is 1.58. The summed E-state index contributed by atoms with van der Waals surface area (Å²) in [6.45, 7) is 0. The fourth-order valence-corrected chi connectivity index (χ4v) is 2.92. The topological polar surface area (TPSA) is 179 Å². The number of carbonyl (C=O) groups is 2. The van der Waals surface area contributed by atoms with Gasteiger partial charge in [-0.1, -0.05) is 23.5 Å². The van der Waals surface area contributed by atoms with Crippen LogP contribution in [0.3, 0.4) is 0 Å². The van der Waals surface area contributed by atoms with Crippen LogP contribution in [0.1, 0.15) is 0 Å². The van der Waals surface area contributed by atoms with Crippen LogP contribution in [0.25, 0.3) is 0 Å². The molecule has 0 saturated heterocycles. The molecular weight excluding hydrogens is 545 g/mol. The van der Waals surface area contributed by atoms with Crippen molar-refractivity contribution in [2.75, 3.05) is 59.1 Å². The normalized spacial score (nSPS) is 11.0. The zero-order chi connectivity index (χ0) is 24.2. The third kappa shape index (κ3) is 27.2. The Labute approximate surface area is 211 Å². The van der Waals surface area contributed by atoms with E-state index in [0.29, 0.717) is 23.5 Å². The third-order valence-electron chi connectivity index (χ3n) is 2.33. The third-order valence-corrected chi connectivity index (χ3v) is 5.15. The summed E-state index contributed by atoms with van der Waals surface area (Å²) in [4.78, 5) is 49.1. The Morgan fingerprint density at radius 2 is 1.15 bits per heavy atom. The molecule has 0 atom stereocenters. The number of carbonyl (C=O) groups excluding carboxylic acids is 2. The first kappa shape index (κ1) is 32.1. The molecule has 0 spiro atoms. The Morgan fingerprint density at radius 1 is 0.697 bits per heavy atom. The number of alkyl carbamates (subject to hydrolysis) is 2. The van der Waals surface area contributed by atoms with Gasteiger partial charge in [-0.25, -0.2) is 19.6 Å². The average molecular weight is 571 g/mol. The van der Waals surface area contributed by atoms with Crippen molar-refractivity contribution in [1.82, 2.24) is 10.6 Å². The molecule has 0 aromatic heterocycles. The van der Waals surface area contributed by atoms with Crippen molar-refractivity contribution in [2.45, 2.75) is 0 Å². The second kappa shape index (κ2) is 27.3. The van der Waals surface area contributed by atoms with Gasteiger partial charge < -0.3 is 40.1 Å². The summed E-state index contributed by atoms with van der Waals surface area (Å²) in [6, 6.07) is 0. The highest BCUT2D eigenvalue weighted by molar-refractivity contribution is 7.99. The van der Waals surface area contributed by atoms with Crippen molar-refractivity contribution in [1.29, 1.82) is 0 Å². The molecular formula is C14H26N4O10S5. The van der Waals surface area contributed by atoms with Gasteiger partial charge in [0, 0.05) is 0 Å². The molecule has 0 aliphatic rings. The number of nitrogens with one attached hydrogen (secondary N) is 2. The molecule has 0 unspecified atom stereocenters. The minimum absolute atomic E-state index is 0.0547. The van der Waals surface area contributed by atoms with Crippen LogP contribution in [-0.2, 0) is 29.0 Å². The van der Waals surface area contributed by atoms with Crippen LogP contribution in [0.2, 0.25) is 0 Å². The van der Waals surface area contributed by atoms with E-state index in [4.69, 9.17) is 29.5 Å². The Morgan fingerprint density at radius 3 is 1.67 bits per heavy atom. The van der Waals surface area contributed by atoms with Gasteiger partial charge in [-0.15, -0.1) is 35.3 Å². The number of ether oxygens (including phenoxy) is 2. The first-order valence-electron chi connectivity index (χ1n) is 8.65. The van der Waals surface area contributed by atoms with Gasteiger partial charge in [-0.3, -0.25) is 0 Å². The van der Waals surface area contributed by atoms with Gasteiger partial charge in [0.05, 0.1) is 35.4 Å². The van der Waals surface area contributed by atoms with Crippen molar-refractivity contribution < 1.29 is 48.8 Å². The molecule has 0 bridgehead atoms. The summed E-state index contributed by atoms with van der Waals surface area (Å²) in [7, 11) is 0. The van der Waals surface area contributed by atoms with Gasteiger partial charge in [-0.2, -0.15) is 9.78 Å². The van der Waals surface area contributed by atoms with Crippen LogP contribution in [-0.4, -0.2) is 94.3 Å². The van der Waals surface area contributed by atoms with Gasteiger partial charge in [0.25, 0.3) is 0 Å². The minimum Gasteiger partial charge on any atom is -0.438 e. The van der Waals surface area contributed by atoms with E-state index < -0.39 is 12.2 Å². The van der Waals surface area contributed by atoms with Gasteiger partial charge in [-0.05, 0) is 0 Å². The predicted molar refractivity (Wildman–Crippen MR) is 132 cm³/mol. The number of rotatable bonds is 22. The Kier molecular flexibility index (Phi) is 26.5. The average Bonchev–Trinajstić information content (AvgIpc) is 2.81. The molecule has 33 heavy (non-hydrogen) atoms. The lowest BCUT2D eigenvalue weighted by atomic mass is 11.1. The second-order valence-electron chi connectivity index (χ2n) is 4.52. The van der Waals surface area contributed by atoms with Crippen molar-refractivity contribution in [3.05, 3.63) is 0 Å². The first-order chi connectivity index (χ1) is 16.2. The molecule has 19 heteroatoms. The lowest BCUT2D eigenvalue weighted by molar-refractivity contribution is -0.196. The Hall–Kier alpha value is -0.930. The highest BCUT2D eigenvalue weighted by Gasteiger charge is 2.01. The molecule has 0 fully saturated rings. The van der Waals surface area contributed by atoms with Gasteiger partial charge >= 0.3 is 12.2 Å². The van der Waals surface area contributed by atoms with E-state index in [2.05, 4.69) is 30.4 Å². The van der Waals surface area contributed by atoms with Crippen LogP contribution in [0.4, 0.5) is 9.59 Å². The number of nitrogens with zero attached hydrogens (tertiary/aromatic N) is 2. The van der Waals surface area contributed by atoms with E-state index in [-0.39, 0.29) is 35.6 Å². The summed E-state index contributed by atoms with van der Waals surface area (Å²) in [5, 5.41) is 22.0. The maximum atomic E-state index is 11.4. The van der Waals surface area contributed by atoms with Crippen LogP contribution in [0.15, 0.2) is 9.98 Å². The molecule has 0 aromatic rings. The van der Waals surface area contributed by atoms with Crippen LogP contribution in [0, 0.1) is 0 Å². The Bertz CT molecular complexity index is 539. The summed E-state index contributed by atoms with van der Waals surface area (Å²) >= 11 is 6.01. The van der Waals surface area contributed by atoms with E-state index in [1.165, 1.54) is 35.3 Å². The van der Waals surface area contributed by atoms with Crippen LogP contribution in [0.5, 0.6) is 0 Å². The first-order valence-corrected chi connectivity index (χ1v) is 14.4. The maximum Gasteiger partial charge on any atom is 0.408 e. The van der Waals surface area contributed by atoms with Crippen molar-refractivity contribution in [2.24, 2.45) is 9.98 Å². The monoisotopic (exact) mass is 570 g/mol. The van der Waals surface area contributed by atoms with E-state index in [9.17, 15) is 9.59 Å². The zero-order valence-corrected chi connectivity index (χ0v) is 21.4. The fourth-order valence-electron chi connectivity index (χ4n) is 1.12. The maximum absolute atomic E-state index is 11.4. The fraction of sp³-hybridized carbons (Fsp3) is 0.714. The Balaban J connectivity index is 3.33. The predicted octanol–water partition coefficient (Wildman–Crippen LogP) is 1.62. The van der Waals surface area contributed by atoms with Crippen molar-refractivity contribution in [3.63, 3.8) is 0 Å². The number of thioether (sulfide) groups is 5. The largest absolute Gasteiger partial charge is 0.438 e. The summed E-state index contributed by atoms with van der Waals surface area (Å²) in [6.07, 6.45) is 1.09. The van der Waals surface area contributed by atoms with Crippen molar-refractivity contribution >= 4 is 83.8 Å². The molecule has 4 N–H and O–H groups in total. The summed E-state index contributed by atoms with van der Waals surface area (Å²) in [5.41, 5.74) is 0. The van der Waals surface area contributed by atoms with E-state index in [1.807, 2.05) is 0 Å². The number of hydrogen-bond acceptors (Lipinski definition) is 17. The molecule has 14 nitrogen and oxygen atoms in total. The number of hydrogen-bond donors (Lipinski definition) is 4. The van der Waals surface area contributed by atoms with Crippen LogP contribution >= 0.6 is 58.8 Å². The molecule has 2 amide bonds. The summed E-state index contributed by atoms with van der Waals surface area (Å²) < 4.78 is 9.65. The SMILES string of the molecule is O=C(NCSC/N=C/OOCSCOC(=O)NCSCN=COOCSCO)OCSCO. The van der Waals surface area contributed by atoms with Gasteiger partial charge in [0.2, 0.25) is 12.8 Å². The zero-order valence-electron chi connectivity index (χ0n) is 17.3. The number of aliphatic imine (C=N–C) groups is 2. The van der Waals surface area contributed by atoms with E-state index >= 15 is 0 Å². The van der Waals surface area contributed by atoms with Crippen molar-refractivity contribution in [3.8, 4) is 0 Å². The molecule has 192 valence electrons. The van der Waals surface area contributed by atoms with Crippen LogP contribution < -0.4 is 10.6 Å². The smallest absolute Gasteiger partial charge is 0.408 e. The van der Waals surface area contributed by atoms with Gasteiger partial charge in [0.1, 0.15) is 23.8 Å².